The zero-order chi connectivity index (χ0) is 15.5. The second-order valence-corrected chi connectivity index (χ2v) is 7.40. The molecular weight excluding hydrogens is 293 g/mol. The number of hydrogen-bond acceptors (Lipinski definition) is 3. The predicted molar refractivity (Wildman–Crippen MR) is 82.0 cm³/mol. The Labute approximate surface area is 125 Å². The Morgan fingerprint density at radius 3 is 2.57 bits per heavy atom. The minimum Gasteiger partial charge on any atom is -0.314 e. The van der Waals surface area contributed by atoms with Crippen molar-refractivity contribution in [2.45, 2.75) is 25.3 Å². The molecule has 7 heteroatoms. The lowest BCUT2D eigenvalue weighted by atomic mass is 10.3. The Kier molecular flexibility index (Phi) is 5.18. The van der Waals surface area contributed by atoms with Gasteiger partial charge in [-0.15, -0.1) is 0 Å². The lowest BCUT2D eigenvalue weighted by molar-refractivity contribution is 0.452. The molecule has 0 radical (unpaired) electrons. The average molecular weight is 315 g/mol. The maximum atomic E-state index is 13.7. The normalized spacial score (nSPS) is 15.4. The fraction of sp³-hybridized carbons (Fsp3) is 0.571. The number of benzene rings is 1. The van der Waals surface area contributed by atoms with Gasteiger partial charge in [-0.1, -0.05) is 12.1 Å². The van der Waals surface area contributed by atoms with Gasteiger partial charge in [-0.25, -0.2) is 4.39 Å². The van der Waals surface area contributed by atoms with Crippen molar-refractivity contribution in [2.24, 2.45) is 0 Å². The average Bonchev–Trinajstić information content (AvgIpc) is 3.27. The van der Waals surface area contributed by atoms with E-state index in [0.29, 0.717) is 12.6 Å². The van der Waals surface area contributed by atoms with Crippen molar-refractivity contribution in [1.82, 2.24) is 9.62 Å². The quantitative estimate of drug-likeness (QED) is 0.741. The lowest BCUT2D eigenvalue weighted by Crippen LogP contribution is -2.41. The van der Waals surface area contributed by atoms with Crippen LogP contribution in [-0.4, -0.2) is 45.9 Å². The van der Waals surface area contributed by atoms with Gasteiger partial charge in [0.25, 0.3) is 0 Å². The second-order valence-electron chi connectivity index (χ2n) is 5.33. The topological polar surface area (TPSA) is 52.7 Å². The van der Waals surface area contributed by atoms with Crippen LogP contribution in [0.15, 0.2) is 24.3 Å². The van der Waals surface area contributed by atoms with E-state index in [4.69, 9.17) is 0 Å². The summed E-state index contributed by atoms with van der Waals surface area (Å²) in [5, 5.41) is 3.34. The Bertz CT molecular complexity index is 575. The highest BCUT2D eigenvalue weighted by atomic mass is 32.2. The molecule has 0 atom stereocenters. The Balaban J connectivity index is 1.93. The van der Waals surface area contributed by atoms with Crippen LogP contribution in [0.5, 0.6) is 0 Å². The molecule has 0 aromatic heterocycles. The summed E-state index contributed by atoms with van der Waals surface area (Å²) in [6, 6.07) is 6.47. The van der Waals surface area contributed by atoms with Crippen LogP contribution in [0, 0.1) is 5.82 Å². The van der Waals surface area contributed by atoms with Gasteiger partial charge in [0.05, 0.1) is 5.69 Å². The van der Waals surface area contributed by atoms with Crippen molar-refractivity contribution in [1.29, 1.82) is 0 Å². The molecule has 1 N–H and O–H groups in total. The number of nitrogens with one attached hydrogen (secondary N) is 1. The number of hydrogen-bond donors (Lipinski definition) is 1. The summed E-state index contributed by atoms with van der Waals surface area (Å²) in [4.78, 5) is 0. The van der Waals surface area contributed by atoms with Gasteiger partial charge in [0, 0.05) is 26.7 Å². The van der Waals surface area contributed by atoms with Crippen LogP contribution in [0.3, 0.4) is 0 Å². The highest BCUT2D eigenvalue weighted by Crippen LogP contribution is 2.21. The van der Waals surface area contributed by atoms with E-state index >= 15 is 0 Å². The standard InChI is InChI=1S/C14H22FN3O2S/c1-17(11-5-10-16-12-8-9-12)21(19,20)18(2)14-7-4-3-6-13(14)15/h3-4,6-7,12,16H,5,8-11H2,1-2H3. The van der Waals surface area contributed by atoms with Gasteiger partial charge < -0.3 is 5.32 Å². The highest BCUT2D eigenvalue weighted by Gasteiger charge is 2.26. The SMILES string of the molecule is CN(CCCNC1CC1)S(=O)(=O)N(C)c1ccccc1F. The third-order valence-electron chi connectivity index (χ3n) is 3.59. The van der Waals surface area contributed by atoms with E-state index in [9.17, 15) is 12.8 Å². The molecule has 2 rings (SSSR count). The van der Waals surface area contributed by atoms with Crippen LogP contribution < -0.4 is 9.62 Å². The smallest absolute Gasteiger partial charge is 0.303 e. The van der Waals surface area contributed by atoms with Crippen LogP contribution >= 0.6 is 0 Å². The Hall–Kier alpha value is -1.18. The molecule has 1 saturated carbocycles. The zero-order valence-electron chi connectivity index (χ0n) is 12.4. The zero-order valence-corrected chi connectivity index (χ0v) is 13.2. The molecule has 0 aliphatic heterocycles. The van der Waals surface area contributed by atoms with Gasteiger partial charge in [-0.05, 0) is 37.9 Å². The molecule has 21 heavy (non-hydrogen) atoms. The van der Waals surface area contributed by atoms with E-state index < -0.39 is 16.0 Å². The summed E-state index contributed by atoms with van der Waals surface area (Å²) in [5.41, 5.74) is 0.0560. The molecule has 1 aromatic rings. The summed E-state index contributed by atoms with van der Waals surface area (Å²) in [6.07, 6.45) is 3.16. The van der Waals surface area contributed by atoms with Crippen molar-refractivity contribution in [2.75, 3.05) is 31.5 Å². The van der Waals surface area contributed by atoms with Crippen molar-refractivity contribution in [3.8, 4) is 0 Å². The molecular formula is C14H22FN3O2S. The maximum absolute atomic E-state index is 13.7. The first-order chi connectivity index (χ1) is 9.93. The minimum absolute atomic E-state index is 0.0560. The summed E-state index contributed by atoms with van der Waals surface area (Å²) >= 11 is 0. The van der Waals surface area contributed by atoms with Crippen LogP contribution in [-0.2, 0) is 10.2 Å². The molecule has 5 nitrogen and oxygen atoms in total. The first-order valence-corrected chi connectivity index (χ1v) is 8.50. The van der Waals surface area contributed by atoms with E-state index in [1.165, 1.54) is 49.4 Å². The molecule has 1 aliphatic rings. The van der Waals surface area contributed by atoms with E-state index in [2.05, 4.69) is 5.32 Å². The third kappa shape index (κ3) is 4.15. The number of para-hydroxylation sites is 1. The van der Waals surface area contributed by atoms with Crippen molar-refractivity contribution in [3.05, 3.63) is 30.1 Å². The summed E-state index contributed by atoms with van der Waals surface area (Å²) < 4.78 is 40.7. The Morgan fingerprint density at radius 2 is 1.95 bits per heavy atom. The molecule has 0 unspecified atom stereocenters. The predicted octanol–water partition coefficient (Wildman–Crippen LogP) is 1.58. The van der Waals surface area contributed by atoms with Gasteiger partial charge in [-0.2, -0.15) is 12.7 Å². The molecule has 1 aliphatic carbocycles. The van der Waals surface area contributed by atoms with Gasteiger partial charge in [0.15, 0.2) is 0 Å². The molecule has 1 fully saturated rings. The van der Waals surface area contributed by atoms with Crippen molar-refractivity contribution >= 4 is 15.9 Å². The van der Waals surface area contributed by atoms with Crippen LogP contribution in [0.25, 0.3) is 0 Å². The molecule has 0 heterocycles. The van der Waals surface area contributed by atoms with E-state index in [1.54, 1.807) is 6.07 Å². The minimum atomic E-state index is -3.70. The van der Waals surface area contributed by atoms with Crippen LogP contribution in [0.1, 0.15) is 19.3 Å². The molecule has 118 valence electrons. The molecule has 0 spiro atoms. The maximum Gasteiger partial charge on any atom is 0.303 e. The van der Waals surface area contributed by atoms with Gasteiger partial charge in [0.2, 0.25) is 0 Å². The van der Waals surface area contributed by atoms with E-state index in [1.807, 2.05) is 0 Å². The number of nitrogens with zero attached hydrogens (tertiary/aromatic N) is 2. The first kappa shape index (κ1) is 16.2. The third-order valence-corrected chi connectivity index (χ3v) is 5.45. The van der Waals surface area contributed by atoms with E-state index in [-0.39, 0.29) is 5.69 Å². The van der Waals surface area contributed by atoms with Gasteiger partial charge >= 0.3 is 10.2 Å². The molecule has 0 bridgehead atoms. The summed E-state index contributed by atoms with van der Waals surface area (Å²) in [5.74, 6) is -0.549. The number of rotatable bonds is 8. The molecule has 1 aromatic carbocycles. The van der Waals surface area contributed by atoms with Gasteiger partial charge in [-0.3, -0.25) is 4.31 Å². The number of halogens is 1. The van der Waals surface area contributed by atoms with E-state index in [0.717, 1.165) is 17.3 Å². The fourth-order valence-corrected chi connectivity index (χ4v) is 3.23. The van der Waals surface area contributed by atoms with Crippen LogP contribution in [0.2, 0.25) is 0 Å². The second kappa shape index (κ2) is 6.72. The number of anilines is 1. The van der Waals surface area contributed by atoms with Gasteiger partial charge in [0.1, 0.15) is 5.82 Å². The Morgan fingerprint density at radius 1 is 1.29 bits per heavy atom. The summed E-state index contributed by atoms with van der Waals surface area (Å²) in [7, 11) is -0.815. The highest BCUT2D eigenvalue weighted by molar-refractivity contribution is 7.90. The van der Waals surface area contributed by atoms with Crippen molar-refractivity contribution in [3.63, 3.8) is 0 Å². The summed E-state index contributed by atoms with van der Waals surface area (Å²) in [6.45, 7) is 1.20. The van der Waals surface area contributed by atoms with Crippen LogP contribution in [0.4, 0.5) is 10.1 Å². The molecule has 0 saturated heterocycles. The first-order valence-electron chi connectivity index (χ1n) is 7.11. The largest absolute Gasteiger partial charge is 0.314 e. The molecule has 0 amide bonds. The lowest BCUT2D eigenvalue weighted by Gasteiger charge is -2.26. The van der Waals surface area contributed by atoms with Crippen molar-refractivity contribution < 1.29 is 12.8 Å². The fourth-order valence-electron chi connectivity index (χ4n) is 2.05. The monoisotopic (exact) mass is 315 g/mol.